The van der Waals surface area contributed by atoms with Gasteiger partial charge in [0.25, 0.3) is 0 Å². The maximum Gasteiger partial charge on any atom is 0.226 e. The summed E-state index contributed by atoms with van der Waals surface area (Å²) in [6.07, 6.45) is 2.38. The number of aryl methyl sites for hydroxylation is 1. The predicted molar refractivity (Wildman–Crippen MR) is 103 cm³/mol. The van der Waals surface area contributed by atoms with Crippen LogP contribution in [0.15, 0.2) is 48.5 Å². The number of hydrogen-bond donors (Lipinski definition) is 0. The van der Waals surface area contributed by atoms with Crippen LogP contribution < -0.4 is 9.47 Å². The lowest BCUT2D eigenvalue weighted by atomic mass is 10.1. The third-order valence-corrected chi connectivity index (χ3v) is 4.71. The lowest BCUT2D eigenvalue weighted by Gasteiger charge is -2.32. The standard InChI is InChI=1S/C22H27NO3/c1-3-25-19-10-6-18(7-11-19)16-22(24)23-14-12-21(13-15-23)26-20-8-4-17(2)5-9-20/h4-11,21H,3,12-16H2,1-2H3. The fourth-order valence-electron chi connectivity index (χ4n) is 3.19. The molecule has 0 aromatic heterocycles. The molecule has 0 saturated carbocycles. The van der Waals surface area contributed by atoms with Gasteiger partial charge in [0.05, 0.1) is 13.0 Å². The van der Waals surface area contributed by atoms with Crippen LogP contribution in [0.3, 0.4) is 0 Å². The third kappa shape index (κ3) is 5.01. The zero-order chi connectivity index (χ0) is 18.4. The molecule has 0 unspecified atom stereocenters. The summed E-state index contributed by atoms with van der Waals surface area (Å²) in [5, 5.41) is 0. The van der Waals surface area contributed by atoms with E-state index in [9.17, 15) is 4.79 Å². The van der Waals surface area contributed by atoms with Gasteiger partial charge in [0, 0.05) is 25.9 Å². The summed E-state index contributed by atoms with van der Waals surface area (Å²) in [6, 6.07) is 15.9. The second kappa shape index (κ2) is 8.75. The van der Waals surface area contributed by atoms with E-state index in [0.717, 1.165) is 43.0 Å². The van der Waals surface area contributed by atoms with Crippen LogP contribution in [-0.4, -0.2) is 36.6 Å². The van der Waals surface area contributed by atoms with E-state index in [2.05, 4.69) is 19.1 Å². The molecule has 1 fully saturated rings. The zero-order valence-corrected chi connectivity index (χ0v) is 15.6. The molecule has 138 valence electrons. The van der Waals surface area contributed by atoms with Crippen LogP contribution in [-0.2, 0) is 11.2 Å². The van der Waals surface area contributed by atoms with Gasteiger partial charge in [0.1, 0.15) is 17.6 Å². The van der Waals surface area contributed by atoms with E-state index < -0.39 is 0 Å². The number of hydrogen-bond acceptors (Lipinski definition) is 3. The molecule has 1 amide bonds. The van der Waals surface area contributed by atoms with Gasteiger partial charge >= 0.3 is 0 Å². The molecule has 0 N–H and O–H groups in total. The quantitative estimate of drug-likeness (QED) is 0.788. The summed E-state index contributed by atoms with van der Waals surface area (Å²) in [5.41, 5.74) is 2.25. The number of carbonyl (C=O) groups is 1. The molecule has 26 heavy (non-hydrogen) atoms. The molecule has 4 nitrogen and oxygen atoms in total. The predicted octanol–water partition coefficient (Wildman–Crippen LogP) is 4.01. The van der Waals surface area contributed by atoms with Gasteiger partial charge in [-0.2, -0.15) is 0 Å². The van der Waals surface area contributed by atoms with Crippen LogP contribution in [0.25, 0.3) is 0 Å². The molecule has 1 heterocycles. The monoisotopic (exact) mass is 353 g/mol. The molecule has 0 bridgehead atoms. The highest BCUT2D eigenvalue weighted by Crippen LogP contribution is 2.20. The normalized spacial score (nSPS) is 14.9. The molecule has 0 spiro atoms. The van der Waals surface area contributed by atoms with Gasteiger partial charge in [-0.1, -0.05) is 29.8 Å². The minimum absolute atomic E-state index is 0.183. The van der Waals surface area contributed by atoms with E-state index in [4.69, 9.17) is 9.47 Å². The summed E-state index contributed by atoms with van der Waals surface area (Å²) >= 11 is 0. The maximum absolute atomic E-state index is 12.5. The van der Waals surface area contributed by atoms with Crippen molar-refractivity contribution in [3.05, 3.63) is 59.7 Å². The highest BCUT2D eigenvalue weighted by molar-refractivity contribution is 5.78. The first-order chi connectivity index (χ1) is 12.6. The van der Waals surface area contributed by atoms with E-state index in [1.165, 1.54) is 5.56 Å². The number of nitrogens with zero attached hydrogens (tertiary/aromatic N) is 1. The average Bonchev–Trinajstić information content (AvgIpc) is 2.66. The Labute approximate surface area is 155 Å². The Hall–Kier alpha value is -2.49. The topological polar surface area (TPSA) is 38.8 Å². The zero-order valence-electron chi connectivity index (χ0n) is 15.6. The number of rotatable bonds is 6. The van der Waals surface area contributed by atoms with Gasteiger partial charge in [0.2, 0.25) is 5.91 Å². The highest BCUT2D eigenvalue weighted by Gasteiger charge is 2.23. The number of piperidine rings is 1. The van der Waals surface area contributed by atoms with Crippen molar-refractivity contribution in [3.8, 4) is 11.5 Å². The summed E-state index contributed by atoms with van der Waals surface area (Å²) < 4.78 is 11.5. The number of likely N-dealkylation sites (tertiary alicyclic amines) is 1. The second-order valence-electron chi connectivity index (χ2n) is 6.76. The minimum atomic E-state index is 0.183. The third-order valence-electron chi connectivity index (χ3n) is 4.71. The smallest absolute Gasteiger partial charge is 0.226 e. The van der Waals surface area contributed by atoms with E-state index in [1.54, 1.807) is 0 Å². The summed E-state index contributed by atoms with van der Waals surface area (Å²) in [7, 11) is 0. The van der Waals surface area contributed by atoms with Crippen LogP contribution in [0, 0.1) is 6.92 Å². The van der Waals surface area contributed by atoms with E-state index in [0.29, 0.717) is 13.0 Å². The van der Waals surface area contributed by atoms with Gasteiger partial charge in [-0.25, -0.2) is 0 Å². The summed E-state index contributed by atoms with van der Waals surface area (Å²) in [6.45, 7) is 6.19. The molecule has 1 saturated heterocycles. The first-order valence-electron chi connectivity index (χ1n) is 9.37. The van der Waals surface area contributed by atoms with Crippen molar-refractivity contribution in [3.63, 3.8) is 0 Å². The van der Waals surface area contributed by atoms with E-state index in [-0.39, 0.29) is 12.0 Å². The lowest BCUT2D eigenvalue weighted by Crippen LogP contribution is -2.42. The van der Waals surface area contributed by atoms with E-state index >= 15 is 0 Å². The molecule has 0 aliphatic carbocycles. The van der Waals surface area contributed by atoms with Crippen LogP contribution in [0.5, 0.6) is 11.5 Å². The Morgan fingerprint density at radius 2 is 1.62 bits per heavy atom. The van der Waals surface area contributed by atoms with Crippen LogP contribution in [0.2, 0.25) is 0 Å². The second-order valence-corrected chi connectivity index (χ2v) is 6.76. The number of amides is 1. The number of benzene rings is 2. The van der Waals surface area contributed by atoms with E-state index in [1.807, 2.05) is 48.2 Å². The van der Waals surface area contributed by atoms with Crippen molar-refractivity contribution < 1.29 is 14.3 Å². The molecule has 1 aliphatic rings. The Bertz CT molecular complexity index is 701. The van der Waals surface area contributed by atoms with Gasteiger partial charge < -0.3 is 14.4 Å². The van der Waals surface area contributed by atoms with Crippen LogP contribution in [0.4, 0.5) is 0 Å². The number of carbonyl (C=O) groups excluding carboxylic acids is 1. The molecule has 2 aromatic carbocycles. The fraction of sp³-hybridized carbons (Fsp3) is 0.409. The highest BCUT2D eigenvalue weighted by atomic mass is 16.5. The van der Waals surface area contributed by atoms with Crippen molar-refractivity contribution >= 4 is 5.91 Å². The molecule has 3 rings (SSSR count). The van der Waals surface area contributed by atoms with Crippen molar-refractivity contribution in [1.82, 2.24) is 4.90 Å². The van der Waals surface area contributed by atoms with Gasteiger partial charge in [-0.05, 0) is 43.7 Å². The fourth-order valence-corrected chi connectivity index (χ4v) is 3.19. The van der Waals surface area contributed by atoms with Crippen molar-refractivity contribution in [2.24, 2.45) is 0 Å². The van der Waals surface area contributed by atoms with Crippen molar-refractivity contribution in [1.29, 1.82) is 0 Å². The number of ether oxygens (including phenoxy) is 2. The first-order valence-corrected chi connectivity index (χ1v) is 9.37. The van der Waals surface area contributed by atoms with Crippen LogP contribution in [0.1, 0.15) is 30.9 Å². The molecular weight excluding hydrogens is 326 g/mol. The first kappa shape index (κ1) is 18.3. The van der Waals surface area contributed by atoms with Gasteiger partial charge in [0.15, 0.2) is 0 Å². The molecule has 4 heteroatoms. The minimum Gasteiger partial charge on any atom is -0.494 e. The molecule has 1 aliphatic heterocycles. The summed E-state index contributed by atoms with van der Waals surface area (Å²) in [5.74, 6) is 1.94. The Morgan fingerprint density at radius 3 is 2.23 bits per heavy atom. The Kier molecular flexibility index (Phi) is 6.16. The molecule has 2 aromatic rings. The Morgan fingerprint density at radius 1 is 1.00 bits per heavy atom. The van der Waals surface area contributed by atoms with Gasteiger partial charge in [-0.3, -0.25) is 4.79 Å². The molecular formula is C22H27NO3. The SMILES string of the molecule is CCOc1ccc(CC(=O)N2CCC(Oc3ccc(C)cc3)CC2)cc1. The summed E-state index contributed by atoms with van der Waals surface area (Å²) in [4.78, 5) is 14.5. The molecule has 0 atom stereocenters. The van der Waals surface area contributed by atoms with Crippen LogP contribution >= 0.6 is 0 Å². The maximum atomic E-state index is 12.5. The largest absolute Gasteiger partial charge is 0.494 e. The lowest BCUT2D eigenvalue weighted by molar-refractivity contribution is -0.132. The van der Waals surface area contributed by atoms with Crippen molar-refractivity contribution in [2.45, 2.75) is 39.2 Å². The van der Waals surface area contributed by atoms with Crippen molar-refractivity contribution in [2.75, 3.05) is 19.7 Å². The van der Waals surface area contributed by atoms with Gasteiger partial charge in [-0.15, -0.1) is 0 Å². The average molecular weight is 353 g/mol. The molecule has 0 radical (unpaired) electrons. The Balaban J connectivity index is 1.46.